The van der Waals surface area contributed by atoms with Crippen LogP contribution in [0.1, 0.15) is 24.8 Å². The Hall–Kier alpha value is -4.01. The van der Waals surface area contributed by atoms with Gasteiger partial charge in [0.25, 0.3) is 0 Å². The van der Waals surface area contributed by atoms with Crippen molar-refractivity contribution in [1.29, 1.82) is 0 Å². The minimum absolute atomic E-state index is 0.0813. The van der Waals surface area contributed by atoms with E-state index in [-0.39, 0.29) is 24.8 Å². The van der Waals surface area contributed by atoms with Crippen LogP contribution in [0.4, 0.5) is 5.69 Å². The summed E-state index contributed by atoms with van der Waals surface area (Å²) in [5.74, 6) is -0.144. The summed E-state index contributed by atoms with van der Waals surface area (Å²) in [7, 11) is 1.61. The minimum atomic E-state index is -0.585. The molecule has 34 heavy (non-hydrogen) atoms. The molecule has 1 aliphatic rings. The molecule has 1 aliphatic heterocycles. The van der Waals surface area contributed by atoms with E-state index in [1.807, 2.05) is 24.4 Å². The molecule has 2 aromatic heterocycles. The van der Waals surface area contributed by atoms with E-state index in [0.29, 0.717) is 29.9 Å². The molecular formula is C25H26N4O5. The second-order valence-electron chi connectivity index (χ2n) is 8.53. The third kappa shape index (κ3) is 4.28. The zero-order chi connectivity index (χ0) is 23.7. The minimum Gasteiger partial charge on any atom is -0.497 e. The number of carbonyl (C=O) groups is 2. The molecule has 1 saturated heterocycles. The van der Waals surface area contributed by atoms with Gasteiger partial charge in [0.1, 0.15) is 12.3 Å². The van der Waals surface area contributed by atoms with Crippen LogP contribution in [-0.2, 0) is 22.6 Å². The smallest absolute Gasteiger partial charge is 0.420 e. The van der Waals surface area contributed by atoms with Crippen LogP contribution in [0, 0.1) is 0 Å². The number of hydrogen-bond donors (Lipinski definition) is 2. The highest BCUT2D eigenvalue weighted by Gasteiger charge is 2.20. The highest BCUT2D eigenvalue weighted by Crippen LogP contribution is 2.24. The fourth-order valence-electron chi connectivity index (χ4n) is 4.48. The Kier molecular flexibility index (Phi) is 5.83. The molecule has 3 heterocycles. The quantitative estimate of drug-likeness (QED) is 0.457. The molecule has 2 N–H and O–H groups in total. The van der Waals surface area contributed by atoms with E-state index in [2.05, 4.69) is 10.3 Å². The molecule has 5 rings (SSSR count). The Morgan fingerprint density at radius 2 is 1.94 bits per heavy atom. The first-order valence-electron chi connectivity index (χ1n) is 11.4. The number of nitrogens with one attached hydrogen (secondary N) is 2. The van der Waals surface area contributed by atoms with Gasteiger partial charge in [0.05, 0.1) is 19.0 Å². The van der Waals surface area contributed by atoms with Crippen molar-refractivity contribution in [2.75, 3.05) is 25.5 Å². The fraction of sp³-hybridized carbons (Fsp3) is 0.320. The van der Waals surface area contributed by atoms with Crippen molar-refractivity contribution in [3.05, 3.63) is 58.7 Å². The first kappa shape index (κ1) is 21.8. The van der Waals surface area contributed by atoms with Gasteiger partial charge in [-0.25, -0.2) is 4.79 Å². The lowest BCUT2D eigenvalue weighted by atomic mass is 10.1. The third-order valence-corrected chi connectivity index (χ3v) is 6.28. The van der Waals surface area contributed by atoms with E-state index >= 15 is 0 Å². The Balaban J connectivity index is 1.33. The molecule has 9 heteroatoms. The van der Waals surface area contributed by atoms with Gasteiger partial charge in [-0.05, 0) is 55.2 Å². The van der Waals surface area contributed by atoms with Crippen LogP contribution < -0.4 is 15.8 Å². The lowest BCUT2D eigenvalue weighted by molar-refractivity contribution is -0.132. The summed E-state index contributed by atoms with van der Waals surface area (Å²) < 4.78 is 11.9. The number of piperidine rings is 1. The van der Waals surface area contributed by atoms with Gasteiger partial charge in [0, 0.05) is 41.9 Å². The van der Waals surface area contributed by atoms with Gasteiger partial charge in [0.2, 0.25) is 11.8 Å². The second kappa shape index (κ2) is 9.09. The Labute approximate surface area is 195 Å². The number of nitrogens with zero attached hydrogens (tertiary/aromatic N) is 2. The molecule has 0 atom stereocenters. The van der Waals surface area contributed by atoms with E-state index < -0.39 is 5.76 Å². The largest absolute Gasteiger partial charge is 0.497 e. The summed E-state index contributed by atoms with van der Waals surface area (Å²) in [5.41, 5.74) is 3.14. The van der Waals surface area contributed by atoms with Gasteiger partial charge in [-0.3, -0.25) is 14.2 Å². The average Bonchev–Trinajstić information content (AvgIpc) is 3.39. The summed E-state index contributed by atoms with van der Waals surface area (Å²) in [6.45, 7) is 1.35. The number of aromatic nitrogens is 2. The number of hydrogen-bond acceptors (Lipinski definition) is 5. The van der Waals surface area contributed by atoms with Gasteiger partial charge in [-0.15, -0.1) is 0 Å². The molecule has 0 saturated carbocycles. The van der Waals surface area contributed by atoms with Gasteiger partial charge in [-0.2, -0.15) is 0 Å². The number of H-pyrrole nitrogens is 1. The number of benzene rings is 2. The third-order valence-electron chi connectivity index (χ3n) is 6.28. The fourth-order valence-corrected chi connectivity index (χ4v) is 4.48. The highest BCUT2D eigenvalue weighted by molar-refractivity contribution is 5.97. The highest BCUT2D eigenvalue weighted by atomic mass is 16.5. The Bertz CT molecular complexity index is 1420. The molecule has 1 fully saturated rings. The number of carbonyl (C=O) groups excluding carboxylic acids is 2. The van der Waals surface area contributed by atoms with Gasteiger partial charge >= 0.3 is 5.76 Å². The van der Waals surface area contributed by atoms with Gasteiger partial charge in [0.15, 0.2) is 5.58 Å². The molecule has 0 spiro atoms. The average molecular weight is 463 g/mol. The van der Waals surface area contributed by atoms with Crippen LogP contribution in [0.3, 0.4) is 0 Å². The van der Waals surface area contributed by atoms with E-state index in [9.17, 15) is 14.4 Å². The van der Waals surface area contributed by atoms with Crippen molar-refractivity contribution in [2.45, 2.75) is 32.2 Å². The van der Waals surface area contributed by atoms with E-state index in [1.165, 1.54) is 4.57 Å². The van der Waals surface area contributed by atoms with Crippen molar-refractivity contribution in [2.24, 2.45) is 0 Å². The summed E-state index contributed by atoms with van der Waals surface area (Å²) in [4.78, 5) is 42.8. The standard InChI is InChI=1S/C25H26N4O5/c1-33-18-6-7-19-16(14-26-20(19)13-18)11-23(30)27-17-5-8-22-21(12-17)29(25(32)34-22)15-24(31)28-9-3-2-4-10-28/h5-8,12-14,26H,2-4,9-11,15H2,1H3,(H,27,30). The molecular weight excluding hydrogens is 436 g/mol. The van der Waals surface area contributed by atoms with Gasteiger partial charge in [-0.1, -0.05) is 0 Å². The van der Waals surface area contributed by atoms with Crippen LogP contribution in [0.15, 0.2) is 51.8 Å². The predicted molar refractivity (Wildman–Crippen MR) is 128 cm³/mol. The summed E-state index contributed by atoms with van der Waals surface area (Å²) in [6.07, 6.45) is 5.07. The maximum absolute atomic E-state index is 12.8. The van der Waals surface area contributed by atoms with Crippen LogP contribution in [0.2, 0.25) is 0 Å². The number of likely N-dealkylation sites (tertiary alicyclic amines) is 1. The maximum Gasteiger partial charge on any atom is 0.420 e. The SMILES string of the molecule is COc1ccc2c(CC(=O)Nc3ccc4oc(=O)n(CC(=O)N5CCCCC5)c4c3)c[nH]c2c1. The number of anilines is 1. The monoisotopic (exact) mass is 462 g/mol. The van der Waals surface area contributed by atoms with Crippen molar-refractivity contribution < 1.29 is 18.7 Å². The topological polar surface area (TPSA) is 110 Å². The lowest BCUT2D eigenvalue weighted by Crippen LogP contribution is -2.39. The summed E-state index contributed by atoms with van der Waals surface area (Å²) in [6, 6.07) is 10.6. The number of fused-ring (bicyclic) bond motifs is 2. The number of methoxy groups -OCH3 is 1. The van der Waals surface area contributed by atoms with Crippen molar-refractivity contribution >= 4 is 39.5 Å². The molecule has 2 aromatic carbocycles. The molecule has 2 amide bonds. The second-order valence-corrected chi connectivity index (χ2v) is 8.53. The van der Waals surface area contributed by atoms with Crippen molar-refractivity contribution in [3.8, 4) is 5.75 Å². The molecule has 9 nitrogen and oxygen atoms in total. The normalized spacial score (nSPS) is 14.0. The number of aromatic amines is 1. The first-order chi connectivity index (χ1) is 16.5. The van der Waals surface area contributed by atoms with Crippen LogP contribution in [-0.4, -0.2) is 46.5 Å². The Morgan fingerprint density at radius 3 is 2.74 bits per heavy atom. The predicted octanol–water partition coefficient (Wildman–Crippen LogP) is 3.28. The van der Waals surface area contributed by atoms with E-state index in [0.717, 1.165) is 41.5 Å². The van der Waals surface area contributed by atoms with E-state index in [4.69, 9.17) is 9.15 Å². The summed E-state index contributed by atoms with van der Waals surface area (Å²) >= 11 is 0. The van der Waals surface area contributed by atoms with Crippen molar-refractivity contribution in [3.63, 3.8) is 0 Å². The number of amides is 2. The zero-order valence-electron chi connectivity index (χ0n) is 18.9. The van der Waals surface area contributed by atoms with Crippen LogP contribution >= 0.6 is 0 Å². The molecule has 0 aliphatic carbocycles. The van der Waals surface area contributed by atoms with Crippen molar-refractivity contribution in [1.82, 2.24) is 14.5 Å². The molecule has 0 radical (unpaired) electrons. The maximum atomic E-state index is 12.8. The summed E-state index contributed by atoms with van der Waals surface area (Å²) in [5, 5.41) is 3.83. The molecule has 176 valence electrons. The first-order valence-corrected chi connectivity index (χ1v) is 11.4. The van der Waals surface area contributed by atoms with E-state index in [1.54, 1.807) is 30.2 Å². The zero-order valence-corrected chi connectivity index (χ0v) is 18.9. The molecule has 4 aromatic rings. The molecule has 0 unspecified atom stereocenters. The molecule has 0 bridgehead atoms. The number of rotatable bonds is 6. The Morgan fingerprint density at radius 1 is 1.12 bits per heavy atom. The lowest BCUT2D eigenvalue weighted by Gasteiger charge is -2.26. The number of ether oxygens (including phenoxy) is 1. The van der Waals surface area contributed by atoms with Crippen LogP contribution in [0.25, 0.3) is 22.0 Å². The number of oxazole rings is 1. The van der Waals surface area contributed by atoms with Crippen LogP contribution in [0.5, 0.6) is 5.75 Å². The van der Waals surface area contributed by atoms with Gasteiger partial charge < -0.3 is 24.4 Å².